The van der Waals surface area contributed by atoms with E-state index < -0.39 is 14.3 Å². The highest BCUT2D eigenvalue weighted by molar-refractivity contribution is 6.74. The summed E-state index contributed by atoms with van der Waals surface area (Å²) in [6.45, 7) is 21.6. The number of nitrogens with zero attached hydrogens (tertiary/aromatic N) is 2. The number of esters is 1. The van der Waals surface area contributed by atoms with Gasteiger partial charge in [-0.2, -0.15) is 0 Å². The van der Waals surface area contributed by atoms with Crippen molar-refractivity contribution in [1.82, 2.24) is 9.55 Å². The van der Waals surface area contributed by atoms with Gasteiger partial charge in [-0.25, -0.2) is 9.78 Å². The summed E-state index contributed by atoms with van der Waals surface area (Å²) in [6, 6.07) is 1.74. The number of aryl methyl sites for hydroxylation is 2. The fourth-order valence-corrected chi connectivity index (χ4v) is 4.19. The predicted octanol–water partition coefficient (Wildman–Crippen LogP) is 5.41. The number of hydrogen-bond donors (Lipinski definition) is 0. The summed E-state index contributed by atoms with van der Waals surface area (Å²) in [7, 11) is -1.98. The van der Waals surface area contributed by atoms with Gasteiger partial charge in [0.05, 0.1) is 24.6 Å². The molecule has 0 aliphatic carbocycles. The monoisotopic (exact) mass is 446 g/mol. The fraction of sp³-hybridized carbons (Fsp3) is 0.625. The summed E-state index contributed by atoms with van der Waals surface area (Å²) in [6.07, 6.45) is 1.62. The zero-order chi connectivity index (χ0) is 23.7. The van der Waals surface area contributed by atoms with E-state index in [0.29, 0.717) is 17.6 Å². The summed E-state index contributed by atoms with van der Waals surface area (Å²) >= 11 is 0. The highest BCUT2D eigenvalue weighted by Gasteiger charge is 2.38. The van der Waals surface area contributed by atoms with Crippen LogP contribution in [-0.2, 0) is 9.16 Å². The Labute approximate surface area is 187 Å². The number of carbonyl (C=O) groups is 1. The molecule has 0 saturated heterocycles. The van der Waals surface area contributed by atoms with E-state index >= 15 is 0 Å². The Bertz CT molecular complexity index is 1020. The second-order valence-corrected chi connectivity index (χ2v) is 15.0. The highest BCUT2D eigenvalue weighted by atomic mass is 28.4. The van der Waals surface area contributed by atoms with Gasteiger partial charge >= 0.3 is 5.97 Å². The molecule has 0 aromatic carbocycles. The molecule has 0 aliphatic rings. The smallest absolute Gasteiger partial charge is 0.343 e. The predicted molar refractivity (Wildman–Crippen MR) is 128 cm³/mol. The lowest BCUT2D eigenvalue weighted by Crippen LogP contribution is -2.42. The molecule has 2 aromatic heterocycles. The molecule has 0 aliphatic heterocycles. The number of aromatic nitrogens is 2. The summed E-state index contributed by atoms with van der Waals surface area (Å²) in [4.78, 5) is 30.4. The third-order valence-electron chi connectivity index (χ3n) is 6.49. The quantitative estimate of drug-likeness (QED) is 0.420. The molecule has 0 fully saturated rings. The molecule has 0 spiro atoms. The fourth-order valence-electron chi connectivity index (χ4n) is 3.17. The standard InChI is InChI=1S/C24H38N2O4Si/c1-11-29-23(28)19-13-26(22-18(21(19)27)12-16(4)17(5)25-22)20(15(2)3)14-30-31(9,10)24(6,7)8/h12-13,15,20H,11,14H2,1-10H3/t20-/m1/s1. The van der Waals surface area contributed by atoms with E-state index in [1.165, 1.54) is 0 Å². The van der Waals surface area contributed by atoms with Crippen LogP contribution >= 0.6 is 0 Å². The molecule has 0 bridgehead atoms. The minimum absolute atomic E-state index is 0.0392. The van der Waals surface area contributed by atoms with E-state index in [4.69, 9.17) is 14.1 Å². The van der Waals surface area contributed by atoms with Gasteiger partial charge in [0, 0.05) is 11.9 Å². The summed E-state index contributed by atoms with van der Waals surface area (Å²) in [5.41, 5.74) is 2.05. The molecule has 2 heterocycles. The molecule has 0 amide bonds. The minimum Gasteiger partial charge on any atom is -0.462 e. The molecule has 0 unspecified atom stereocenters. The summed E-state index contributed by atoms with van der Waals surface area (Å²) in [5, 5.41) is 0.522. The van der Waals surface area contributed by atoms with Gasteiger partial charge in [0.15, 0.2) is 8.32 Å². The molecule has 6 nitrogen and oxygen atoms in total. The third-order valence-corrected chi connectivity index (χ3v) is 11.0. The molecule has 0 radical (unpaired) electrons. The minimum atomic E-state index is -1.98. The Hall–Kier alpha value is -1.99. The second kappa shape index (κ2) is 9.24. The first-order valence-corrected chi connectivity index (χ1v) is 14.0. The average molecular weight is 447 g/mol. The number of ether oxygens (including phenoxy) is 1. The normalized spacial score (nSPS) is 13.6. The molecule has 0 saturated carbocycles. The van der Waals surface area contributed by atoms with Crippen LogP contribution in [0.15, 0.2) is 17.1 Å². The van der Waals surface area contributed by atoms with Crippen molar-refractivity contribution in [3.8, 4) is 0 Å². The van der Waals surface area contributed by atoms with E-state index in [1.54, 1.807) is 13.1 Å². The zero-order valence-corrected chi connectivity index (χ0v) is 21.8. The van der Waals surface area contributed by atoms with E-state index in [9.17, 15) is 9.59 Å². The van der Waals surface area contributed by atoms with Crippen LogP contribution in [0, 0.1) is 19.8 Å². The Morgan fingerprint density at radius 3 is 2.35 bits per heavy atom. The maximum absolute atomic E-state index is 13.1. The largest absolute Gasteiger partial charge is 0.462 e. The molecule has 31 heavy (non-hydrogen) atoms. The van der Waals surface area contributed by atoms with Crippen LogP contribution in [-0.4, -0.2) is 37.1 Å². The van der Waals surface area contributed by atoms with E-state index in [1.807, 2.05) is 24.5 Å². The number of fused-ring (bicyclic) bond motifs is 1. The number of pyridine rings is 2. The highest BCUT2D eigenvalue weighted by Crippen LogP contribution is 2.37. The van der Waals surface area contributed by atoms with Crippen LogP contribution in [0.1, 0.15) is 69.2 Å². The van der Waals surface area contributed by atoms with Crippen LogP contribution < -0.4 is 5.43 Å². The molecular formula is C24H38N2O4Si. The summed E-state index contributed by atoms with van der Waals surface area (Å²) in [5.74, 6) is -0.400. The van der Waals surface area contributed by atoms with Crippen LogP contribution in [0.25, 0.3) is 11.0 Å². The summed E-state index contributed by atoms with van der Waals surface area (Å²) < 4.78 is 13.7. The Kier molecular flexibility index (Phi) is 7.54. The van der Waals surface area contributed by atoms with E-state index in [-0.39, 0.29) is 34.6 Å². The van der Waals surface area contributed by atoms with Crippen molar-refractivity contribution in [2.45, 2.75) is 79.6 Å². The van der Waals surface area contributed by atoms with Crippen molar-refractivity contribution in [2.75, 3.05) is 13.2 Å². The van der Waals surface area contributed by atoms with Crippen molar-refractivity contribution >= 4 is 25.3 Å². The Morgan fingerprint density at radius 1 is 1.23 bits per heavy atom. The van der Waals surface area contributed by atoms with E-state index in [0.717, 1.165) is 11.3 Å². The Morgan fingerprint density at radius 2 is 1.84 bits per heavy atom. The molecule has 172 valence electrons. The van der Waals surface area contributed by atoms with Crippen molar-refractivity contribution in [3.63, 3.8) is 0 Å². The first-order chi connectivity index (χ1) is 14.2. The average Bonchev–Trinajstić information content (AvgIpc) is 2.64. The molecular weight excluding hydrogens is 408 g/mol. The zero-order valence-electron chi connectivity index (χ0n) is 20.8. The molecule has 0 N–H and O–H groups in total. The number of carbonyl (C=O) groups excluding carboxylic acids is 1. The maximum Gasteiger partial charge on any atom is 0.343 e. The van der Waals surface area contributed by atoms with Crippen LogP contribution in [0.2, 0.25) is 18.1 Å². The van der Waals surface area contributed by atoms with Gasteiger partial charge in [0.25, 0.3) is 0 Å². The lowest BCUT2D eigenvalue weighted by molar-refractivity contribution is 0.0523. The van der Waals surface area contributed by atoms with E-state index in [2.05, 4.69) is 47.7 Å². The van der Waals surface area contributed by atoms with Crippen molar-refractivity contribution in [2.24, 2.45) is 5.92 Å². The van der Waals surface area contributed by atoms with Crippen molar-refractivity contribution < 1.29 is 14.0 Å². The van der Waals surface area contributed by atoms with Crippen molar-refractivity contribution in [1.29, 1.82) is 0 Å². The molecule has 1 atom stereocenters. The first-order valence-electron chi connectivity index (χ1n) is 11.1. The molecule has 2 aromatic rings. The van der Waals surface area contributed by atoms with Crippen molar-refractivity contribution in [3.05, 3.63) is 39.3 Å². The van der Waals surface area contributed by atoms with Gasteiger partial charge in [-0.15, -0.1) is 0 Å². The maximum atomic E-state index is 13.1. The van der Waals surface area contributed by atoms with Crippen LogP contribution in [0.3, 0.4) is 0 Å². The van der Waals surface area contributed by atoms with Gasteiger partial charge in [0.2, 0.25) is 5.43 Å². The number of hydrogen-bond acceptors (Lipinski definition) is 5. The van der Waals surface area contributed by atoms with Gasteiger partial charge in [0.1, 0.15) is 11.2 Å². The van der Waals surface area contributed by atoms with Gasteiger partial charge < -0.3 is 13.7 Å². The lowest BCUT2D eigenvalue weighted by Gasteiger charge is -2.38. The lowest BCUT2D eigenvalue weighted by atomic mass is 10.0. The van der Waals surface area contributed by atoms with Crippen LogP contribution in [0.5, 0.6) is 0 Å². The Balaban J connectivity index is 2.71. The second-order valence-electron chi connectivity index (χ2n) is 10.1. The third kappa shape index (κ3) is 5.26. The first kappa shape index (κ1) is 25.3. The van der Waals surface area contributed by atoms with Gasteiger partial charge in [-0.1, -0.05) is 34.6 Å². The molecule has 7 heteroatoms. The van der Waals surface area contributed by atoms with Crippen LogP contribution in [0.4, 0.5) is 0 Å². The van der Waals surface area contributed by atoms with Gasteiger partial charge in [-0.05, 0) is 56.5 Å². The topological polar surface area (TPSA) is 70.4 Å². The molecule has 2 rings (SSSR count). The SMILES string of the molecule is CCOC(=O)c1cn([C@H](CO[Si](C)(C)C(C)(C)C)C(C)C)c2nc(C)c(C)cc2c1=O. The number of rotatable bonds is 7. The van der Waals surface area contributed by atoms with Gasteiger partial charge in [-0.3, -0.25) is 4.79 Å².